The quantitative estimate of drug-likeness (QED) is 0.921. The molecule has 0 saturated carbocycles. The molecule has 5 nitrogen and oxygen atoms in total. The van der Waals surface area contributed by atoms with E-state index in [9.17, 15) is 22.8 Å². The first-order valence-corrected chi connectivity index (χ1v) is 5.69. The Kier molecular flexibility index (Phi) is 4.69. The van der Waals surface area contributed by atoms with Gasteiger partial charge in [0, 0.05) is 12.2 Å². The van der Waals surface area contributed by atoms with E-state index in [-0.39, 0.29) is 5.56 Å². The summed E-state index contributed by atoms with van der Waals surface area (Å²) in [6, 6.07) is 1.27. The van der Waals surface area contributed by atoms with Crippen LogP contribution in [0.15, 0.2) is 18.3 Å². The Morgan fingerprint density at radius 3 is 2.30 bits per heavy atom. The molecule has 1 N–H and O–H groups in total. The van der Waals surface area contributed by atoms with Gasteiger partial charge in [-0.1, -0.05) is 0 Å². The van der Waals surface area contributed by atoms with Gasteiger partial charge in [-0.05, 0) is 26.0 Å². The predicted octanol–water partition coefficient (Wildman–Crippen LogP) is 2.04. The number of carboxylic acids is 1. The number of aromatic nitrogens is 1. The second-order valence-corrected chi connectivity index (χ2v) is 4.35. The number of carbonyl (C=O) groups is 2. The maximum atomic E-state index is 12.3. The second-order valence-electron chi connectivity index (χ2n) is 4.35. The second kappa shape index (κ2) is 5.89. The summed E-state index contributed by atoms with van der Waals surface area (Å²) in [6.45, 7) is 2.69. The van der Waals surface area contributed by atoms with Gasteiger partial charge in [0.05, 0.1) is 5.56 Å². The Labute approximate surface area is 113 Å². The summed E-state index contributed by atoms with van der Waals surface area (Å²) < 4.78 is 37.0. The minimum absolute atomic E-state index is 0.0899. The summed E-state index contributed by atoms with van der Waals surface area (Å²) in [7, 11) is 0. The van der Waals surface area contributed by atoms with Crippen molar-refractivity contribution in [2.75, 3.05) is 6.54 Å². The summed E-state index contributed by atoms with van der Waals surface area (Å²) in [4.78, 5) is 26.9. The Morgan fingerprint density at radius 2 is 1.95 bits per heavy atom. The lowest BCUT2D eigenvalue weighted by molar-refractivity contribution is -0.141. The fourth-order valence-corrected chi connectivity index (χ4v) is 1.49. The van der Waals surface area contributed by atoms with Crippen LogP contribution in [-0.2, 0) is 11.0 Å². The fourth-order valence-electron chi connectivity index (χ4n) is 1.49. The van der Waals surface area contributed by atoms with Gasteiger partial charge in [-0.2, -0.15) is 13.2 Å². The standard InChI is InChI=1S/C12H13F3N2O3/c1-7(2)17(6-10(18)19)11(20)8-3-4-9(16-5-8)12(13,14)15/h3-5,7H,6H2,1-2H3,(H,18,19). The third-order valence-electron chi connectivity index (χ3n) is 2.49. The summed E-state index contributed by atoms with van der Waals surface area (Å²) in [6.07, 6.45) is -3.79. The van der Waals surface area contributed by atoms with Gasteiger partial charge in [0.2, 0.25) is 0 Å². The summed E-state index contributed by atoms with van der Waals surface area (Å²) in [5.74, 6) is -1.88. The summed E-state index contributed by atoms with van der Waals surface area (Å²) >= 11 is 0. The molecule has 110 valence electrons. The number of nitrogens with zero attached hydrogens (tertiary/aromatic N) is 2. The van der Waals surface area contributed by atoms with E-state index in [0.29, 0.717) is 6.07 Å². The van der Waals surface area contributed by atoms with Crippen LogP contribution in [0.25, 0.3) is 0 Å². The highest BCUT2D eigenvalue weighted by molar-refractivity contribution is 5.95. The van der Waals surface area contributed by atoms with Crippen LogP contribution in [-0.4, -0.2) is 39.5 Å². The minimum Gasteiger partial charge on any atom is -0.480 e. The highest BCUT2D eigenvalue weighted by Gasteiger charge is 2.32. The molecule has 1 aromatic rings. The van der Waals surface area contributed by atoms with Gasteiger partial charge in [-0.25, -0.2) is 0 Å². The molecule has 1 aromatic heterocycles. The molecule has 1 amide bonds. The van der Waals surface area contributed by atoms with Crippen molar-refractivity contribution >= 4 is 11.9 Å². The Hall–Kier alpha value is -2.12. The van der Waals surface area contributed by atoms with Crippen LogP contribution in [0.2, 0.25) is 0 Å². The smallest absolute Gasteiger partial charge is 0.433 e. The van der Waals surface area contributed by atoms with Crippen LogP contribution in [0, 0.1) is 0 Å². The number of hydrogen-bond acceptors (Lipinski definition) is 3. The van der Waals surface area contributed by atoms with Crippen LogP contribution in [0.5, 0.6) is 0 Å². The number of rotatable bonds is 4. The summed E-state index contributed by atoms with van der Waals surface area (Å²) in [5, 5.41) is 8.72. The van der Waals surface area contributed by atoms with E-state index in [1.54, 1.807) is 13.8 Å². The van der Waals surface area contributed by atoms with Crippen LogP contribution in [0.3, 0.4) is 0 Å². The Morgan fingerprint density at radius 1 is 1.35 bits per heavy atom. The molecule has 0 unspecified atom stereocenters. The zero-order chi connectivity index (χ0) is 15.5. The highest BCUT2D eigenvalue weighted by Crippen LogP contribution is 2.27. The number of carbonyl (C=O) groups excluding carboxylic acids is 1. The lowest BCUT2D eigenvalue weighted by atomic mass is 10.2. The third-order valence-corrected chi connectivity index (χ3v) is 2.49. The van der Waals surface area contributed by atoms with Crippen molar-refractivity contribution < 1.29 is 27.9 Å². The topological polar surface area (TPSA) is 70.5 Å². The van der Waals surface area contributed by atoms with E-state index in [0.717, 1.165) is 17.2 Å². The molecule has 20 heavy (non-hydrogen) atoms. The van der Waals surface area contributed by atoms with Gasteiger partial charge >= 0.3 is 12.1 Å². The number of aliphatic carboxylic acids is 1. The first kappa shape index (κ1) is 15.9. The molecule has 0 aliphatic carbocycles. The molecular weight excluding hydrogens is 277 g/mol. The fraction of sp³-hybridized carbons (Fsp3) is 0.417. The van der Waals surface area contributed by atoms with Crippen molar-refractivity contribution in [1.82, 2.24) is 9.88 Å². The number of hydrogen-bond donors (Lipinski definition) is 1. The molecular formula is C12H13F3N2O3. The van der Waals surface area contributed by atoms with Crippen molar-refractivity contribution in [2.45, 2.75) is 26.1 Å². The number of halogens is 3. The van der Waals surface area contributed by atoms with Crippen LogP contribution >= 0.6 is 0 Å². The van der Waals surface area contributed by atoms with Gasteiger partial charge in [-0.3, -0.25) is 14.6 Å². The Bertz CT molecular complexity index is 498. The van der Waals surface area contributed by atoms with Gasteiger partial charge in [-0.15, -0.1) is 0 Å². The van der Waals surface area contributed by atoms with Crippen LogP contribution < -0.4 is 0 Å². The van der Waals surface area contributed by atoms with Gasteiger partial charge in [0.15, 0.2) is 0 Å². The molecule has 0 aliphatic rings. The van der Waals surface area contributed by atoms with Crippen molar-refractivity contribution in [3.63, 3.8) is 0 Å². The molecule has 0 radical (unpaired) electrons. The van der Waals surface area contributed by atoms with Gasteiger partial charge in [0.1, 0.15) is 12.2 Å². The first-order valence-electron chi connectivity index (χ1n) is 5.69. The van der Waals surface area contributed by atoms with Crippen molar-refractivity contribution in [1.29, 1.82) is 0 Å². The predicted molar refractivity (Wildman–Crippen MR) is 63.0 cm³/mol. The van der Waals surface area contributed by atoms with E-state index in [2.05, 4.69) is 4.98 Å². The normalized spacial score (nSPS) is 11.5. The SMILES string of the molecule is CC(C)N(CC(=O)O)C(=O)c1ccc(C(F)(F)F)nc1. The number of alkyl halides is 3. The number of amides is 1. The van der Waals surface area contributed by atoms with Crippen molar-refractivity contribution in [3.05, 3.63) is 29.6 Å². The Balaban J connectivity index is 2.98. The molecule has 0 bridgehead atoms. The van der Waals surface area contributed by atoms with Gasteiger partial charge in [0.25, 0.3) is 5.91 Å². The van der Waals surface area contributed by atoms with E-state index in [1.807, 2.05) is 0 Å². The maximum absolute atomic E-state index is 12.3. The zero-order valence-corrected chi connectivity index (χ0v) is 10.8. The van der Waals surface area contributed by atoms with Gasteiger partial charge < -0.3 is 10.0 Å². The summed E-state index contributed by atoms with van der Waals surface area (Å²) in [5.41, 5.74) is -1.20. The highest BCUT2D eigenvalue weighted by atomic mass is 19.4. The monoisotopic (exact) mass is 290 g/mol. The third kappa shape index (κ3) is 3.94. The van der Waals surface area contributed by atoms with E-state index in [4.69, 9.17) is 5.11 Å². The lowest BCUT2D eigenvalue weighted by Gasteiger charge is -2.24. The molecule has 0 spiro atoms. The van der Waals surface area contributed by atoms with Crippen LogP contribution in [0.4, 0.5) is 13.2 Å². The molecule has 1 heterocycles. The van der Waals surface area contributed by atoms with E-state index in [1.165, 1.54) is 0 Å². The largest absolute Gasteiger partial charge is 0.480 e. The average molecular weight is 290 g/mol. The molecule has 0 atom stereocenters. The van der Waals surface area contributed by atoms with Crippen molar-refractivity contribution in [2.24, 2.45) is 0 Å². The molecule has 1 rings (SSSR count). The van der Waals surface area contributed by atoms with Crippen molar-refractivity contribution in [3.8, 4) is 0 Å². The maximum Gasteiger partial charge on any atom is 0.433 e. The number of pyridine rings is 1. The average Bonchev–Trinajstić information content (AvgIpc) is 2.33. The number of carboxylic acid groups (broad SMARTS) is 1. The van der Waals surface area contributed by atoms with E-state index < -0.39 is 36.3 Å². The molecule has 0 aliphatic heterocycles. The first-order chi connectivity index (χ1) is 9.12. The zero-order valence-electron chi connectivity index (χ0n) is 10.8. The molecule has 0 fully saturated rings. The lowest BCUT2D eigenvalue weighted by Crippen LogP contribution is -2.40. The van der Waals surface area contributed by atoms with E-state index >= 15 is 0 Å². The molecule has 0 aromatic carbocycles. The van der Waals surface area contributed by atoms with Crippen LogP contribution in [0.1, 0.15) is 29.9 Å². The minimum atomic E-state index is -4.58. The molecule has 0 saturated heterocycles. The molecule has 8 heteroatoms.